The monoisotopic (exact) mass is 240 g/mol. The minimum absolute atomic E-state index is 0.133. The van der Waals surface area contributed by atoms with Crippen molar-refractivity contribution >= 4 is 12.0 Å². The second-order valence-electron chi connectivity index (χ2n) is 5.32. The second-order valence-corrected chi connectivity index (χ2v) is 5.32. The molecule has 0 aromatic rings. The van der Waals surface area contributed by atoms with Crippen LogP contribution in [0.1, 0.15) is 25.7 Å². The largest absolute Gasteiger partial charge is 0.480 e. The number of hydrogen-bond acceptors (Lipinski definition) is 2. The van der Waals surface area contributed by atoms with Gasteiger partial charge in [-0.05, 0) is 37.5 Å². The van der Waals surface area contributed by atoms with Crippen molar-refractivity contribution in [3.63, 3.8) is 0 Å². The van der Waals surface area contributed by atoms with Crippen molar-refractivity contribution in [1.82, 2.24) is 9.80 Å². The fraction of sp³-hybridized carbons (Fsp3) is 0.833. The number of hydrogen-bond donors (Lipinski definition) is 1. The summed E-state index contributed by atoms with van der Waals surface area (Å²) in [5, 5.41) is 8.69. The maximum absolute atomic E-state index is 12.1. The summed E-state index contributed by atoms with van der Waals surface area (Å²) in [7, 11) is 1.56. The molecule has 0 atom stereocenters. The lowest BCUT2D eigenvalue weighted by atomic mass is 10.3. The van der Waals surface area contributed by atoms with Crippen LogP contribution < -0.4 is 0 Å². The van der Waals surface area contributed by atoms with Crippen LogP contribution in [0.3, 0.4) is 0 Å². The van der Waals surface area contributed by atoms with E-state index in [1.165, 1.54) is 30.6 Å². The van der Waals surface area contributed by atoms with Crippen molar-refractivity contribution in [3.05, 3.63) is 0 Å². The van der Waals surface area contributed by atoms with Gasteiger partial charge in [0.15, 0.2) is 0 Å². The molecule has 2 saturated carbocycles. The molecule has 17 heavy (non-hydrogen) atoms. The zero-order chi connectivity index (χ0) is 12.4. The molecule has 0 bridgehead atoms. The fourth-order valence-electron chi connectivity index (χ4n) is 1.97. The lowest BCUT2D eigenvalue weighted by molar-refractivity contribution is -0.137. The highest BCUT2D eigenvalue weighted by atomic mass is 16.4. The Balaban J connectivity index is 1.87. The van der Waals surface area contributed by atoms with E-state index in [0.717, 1.165) is 13.1 Å². The van der Waals surface area contributed by atoms with Gasteiger partial charge in [0.1, 0.15) is 6.54 Å². The number of urea groups is 1. The van der Waals surface area contributed by atoms with E-state index < -0.39 is 5.97 Å². The van der Waals surface area contributed by atoms with Crippen LogP contribution in [0.4, 0.5) is 4.79 Å². The molecule has 5 heteroatoms. The maximum Gasteiger partial charge on any atom is 0.323 e. The molecule has 1 N–H and O–H groups in total. The SMILES string of the molecule is CN(CC(=O)O)C(=O)N(CC1CC1)CC1CC1. The lowest BCUT2D eigenvalue weighted by Gasteiger charge is -2.27. The molecule has 0 heterocycles. The first kappa shape index (κ1) is 12.2. The highest BCUT2D eigenvalue weighted by Gasteiger charge is 2.32. The van der Waals surface area contributed by atoms with Crippen molar-refractivity contribution in [2.75, 3.05) is 26.7 Å². The van der Waals surface area contributed by atoms with Gasteiger partial charge < -0.3 is 14.9 Å². The quantitative estimate of drug-likeness (QED) is 0.760. The molecule has 2 aliphatic carbocycles. The van der Waals surface area contributed by atoms with E-state index in [-0.39, 0.29) is 12.6 Å². The van der Waals surface area contributed by atoms with Crippen molar-refractivity contribution in [1.29, 1.82) is 0 Å². The number of amides is 2. The summed E-state index contributed by atoms with van der Waals surface area (Å²) in [4.78, 5) is 25.8. The van der Waals surface area contributed by atoms with E-state index in [1.807, 2.05) is 4.90 Å². The zero-order valence-electron chi connectivity index (χ0n) is 10.3. The van der Waals surface area contributed by atoms with Crippen LogP contribution in [-0.4, -0.2) is 53.6 Å². The van der Waals surface area contributed by atoms with E-state index in [0.29, 0.717) is 11.8 Å². The van der Waals surface area contributed by atoms with E-state index in [1.54, 1.807) is 7.05 Å². The van der Waals surface area contributed by atoms with Gasteiger partial charge in [-0.1, -0.05) is 0 Å². The predicted octanol–water partition coefficient (Wildman–Crippen LogP) is 1.24. The molecule has 5 nitrogen and oxygen atoms in total. The molecule has 0 spiro atoms. The number of carboxylic acids is 1. The Bertz CT molecular complexity index is 297. The zero-order valence-corrected chi connectivity index (χ0v) is 10.3. The molecule has 2 rings (SSSR count). The first-order valence-electron chi connectivity index (χ1n) is 6.28. The van der Waals surface area contributed by atoms with E-state index >= 15 is 0 Å². The van der Waals surface area contributed by atoms with Gasteiger partial charge >= 0.3 is 12.0 Å². The number of carboxylic acid groups (broad SMARTS) is 1. The average molecular weight is 240 g/mol. The third-order valence-corrected chi connectivity index (χ3v) is 3.32. The molecule has 2 fully saturated rings. The van der Waals surface area contributed by atoms with Crippen molar-refractivity contribution in [3.8, 4) is 0 Å². The van der Waals surface area contributed by atoms with Crippen LogP contribution in [0, 0.1) is 11.8 Å². The number of carbonyl (C=O) groups excluding carboxylic acids is 1. The third-order valence-electron chi connectivity index (χ3n) is 3.32. The van der Waals surface area contributed by atoms with Crippen molar-refractivity contribution < 1.29 is 14.7 Å². The third kappa shape index (κ3) is 3.91. The highest BCUT2D eigenvalue weighted by molar-refractivity contribution is 5.80. The molecule has 0 aromatic carbocycles. The number of aliphatic carboxylic acids is 1. The summed E-state index contributed by atoms with van der Waals surface area (Å²) >= 11 is 0. The summed E-state index contributed by atoms with van der Waals surface area (Å²) in [6.45, 7) is 1.39. The summed E-state index contributed by atoms with van der Waals surface area (Å²) in [5.74, 6) is 0.338. The van der Waals surface area contributed by atoms with Crippen LogP contribution in [-0.2, 0) is 4.79 Å². The summed E-state index contributed by atoms with van der Waals surface area (Å²) in [6, 6.07) is -0.133. The molecule has 2 aliphatic rings. The van der Waals surface area contributed by atoms with Gasteiger partial charge in [0, 0.05) is 20.1 Å². The van der Waals surface area contributed by atoms with Crippen LogP contribution in [0.5, 0.6) is 0 Å². The normalized spacial score (nSPS) is 18.9. The number of nitrogens with zero attached hydrogens (tertiary/aromatic N) is 2. The van der Waals surface area contributed by atoms with Crippen LogP contribution >= 0.6 is 0 Å². The van der Waals surface area contributed by atoms with E-state index in [4.69, 9.17) is 5.11 Å². The van der Waals surface area contributed by atoms with Crippen LogP contribution in [0.15, 0.2) is 0 Å². The van der Waals surface area contributed by atoms with Crippen molar-refractivity contribution in [2.45, 2.75) is 25.7 Å². The molecular formula is C12H20N2O3. The first-order valence-corrected chi connectivity index (χ1v) is 6.28. The molecule has 0 radical (unpaired) electrons. The van der Waals surface area contributed by atoms with Gasteiger partial charge in [-0.2, -0.15) is 0 Å². The maximum atomic E-state index is 12.1. The Hall–Kier alpha value is -1.26. The van der Waals surface area contributed by atoms with Gasteiger partial charge in [0.25, 0.3) is 0 Å². The van der Waals surface area contributed by atoms with Gasteiger partial charge in [0.05, 0.1) is 0 Å². The van der Waals surface area contributed by atoms with E-state index in [2.05, 4.69) is 0 Å². The Morgan fingerprint density at radius 1 is 1.12 bits per heavy atom. The van der Waals surface area contributed by atoms with Gasteiger partial charge in [-0.15, -0.1) is 0 Å². The lowest BCUT2D eigenvalue weighted by Crippen LogP contribution is -2.45. The Kier molecular flexibility index (Phi) is 3.54. The first-order chi connectivity index (χ1) is 8.06. The molecular weight excluding hydrogens is 220 g/mol. The molecule has 0 aliphatic heterocycles. The number of rotatable bonds is 6. The molecule has 0 unspecified atom stereocenters. The van der Waals surface area contributed by atoms with Gasteiger partial charge in [0.2, 0.25) is 0 Å². The number of likely N-dealkylation sites (N-methyl/N-ethyl adjacent to an activating group) is 1. The molecule has 0 aromatic heterocycles. The topological polar surface area (TPSA) is 60.9 Å². The smallest absolute Gasteiger partial charge is 0.323 e. The Morgan fingerprint density at radius 3 is 1.94 bits per heavy atom. The fourth-order valence-corrected chi connectivity index (χ4v) is 1.97. The van der Waals surface area contributed by atoms with Crippen molar-refractivity contribution in [2.24, 2.45) is 11.8 Å². The van der Waals surface area contributed by atoms with Crippen LogP contribution in [0.2, 0.25) is 0 Å². The molecule has 0 saturated heterocycles. The van der Waals surface area contributed by atoms with E-state index in [9.17, 15) is 9.59 Å². The Morgan fingerprint density at radius 2 is 1.59 bits per heavy atom. The average Bonchev–Trinajstić information content (AvgIpc) is 3.08. The summed E-state index contributed by atoms with van der Waals surface area (Å²) in [6.07, 6.45) is 4.82. The summed E-state index contributed by atoms with van der Waals surface area (Å²) in [5.41, 5.74) is 0. The Labute approximate surface area is 101 Å². The van der Waals surface area contributed by atoms with Gasteiger partial charge in [-0.3, -0.25) is 4.79 Å². The standard InChI is InChI=1S/C12H20N2O3/c1-13(8-11(15)16)12(17)14(6-9-2-3-9)7-10-4-5-10/h9-10H,2-8H2,1H3,(H,15,16). The second kappa shape index (κ2) is 4.94. The minimum atomic E-state index is -0.960. The summed E-state index contributed by atoms with van der Waals surface area (Å²) < 4.78 is 0. The van der Waals surface area contributed by atoms with Gasteiger partial charge in [-0.25, -0.2) is 4.79 Å². The highest BCUT2D eigenvalue weighted by Crippen LogP contribution is 2.33. The minimum Gasteiger partial charge on any atom is -0.480 e. The molecule has 2 amide bonds. The van der Waals surface area contributed by atoms with Crippen LogP contribution in [0.25, 0.3) is 0 Å². The predicted molar refractivity (Wildman–Crippen MR) is 62.7 cm³/mol. The number of carbonyl (C=O) groups is 2. The molecule has 96 valence electrons.